The Kier molecular flexibility index (Phi) is 6.93. The number of carbonyl (C=O) groups is 1. The van der Waals surface area contributed by atoms with Gasteiger partial charge in [0, 0.05) is 37.9 Å². The van der Waals surface area contributed by atoms with Gasteiger partial charge >= 0.3 is 6.18 Å². The number of aromatic nitrogens is 2. The number of rotatable bonds is 5. The normalized spacial score (nSPS) is 14.7. The quantitative estimate of drug-likeness (QED) is 0.593. The maximum Gasteiger partial charge on any atom is 0.416 e. The molecule has 0 radical (unpaired) electrons. The fourth-order valence-electron chi connectivity index (χ4n) is 4.12. The molecule has 2 heterocycles. The molecule has 1 aliphatic heterocycles. The molecule has 0 bridgehead atoms. The van der Waals surface area contributed by atoms with Crippen LogP contribution in [0.5, 0.6) is 0 Å². The lowest BCUT2D eigenvalue weighted by Crippen LogP contribution is -2.46. The molecule has 10 heteroatoms. The van der Waals surface area contributed by atoms with Gasteiger partial charge in [0.05, 0.1) is 22.6 Å². The second-order valence-corrected chi connectivity index (χ2v) is 8.35. The summed E-state index contributed by atoms with van der Waals surface area (Å²) in [5.74, 6) is -0.727. The highest BCUT2D eigenvalue weighted by Crippen LogP contribution is 2.30. The number of hydrogen-bond acceptors (Lipinski definition) is 5. The number of halogens is 3. The van der Waals surface area contributed by atoms with E-state index in [1.807, 2.05) is 12.1 Å². The van der Waals surface area contributed by atoms with Crippen LogP contribution in [-0.2, 0) is 6.18 Å². The Bertz CT molecular complexity index is 1280. The molecule has 0 atom stereocenters. The second-order valence-electron chi connectivity index (χ2n) is 8.35. The summed E-state index contributed by atoms with van der Waals surface area (Å²) in [4.78, 5) is 30.2. The van der Waals surface area contributed by atoms with Crippen molar-refractivity contribution in [2.45, 2.75) is 20.0 Å². The Morgan fingerprint density at radius 1 is 1.03 bits per heavy atom. The van der Waals surface area contributed by atoms with E-state index < -0.39 is 28.8 Å². The van der Waals surface area contributed by atoms with Crippen LogP contribution in [0.25, 0.3) is 5.69 Å². The van der Waals surface area contributed by atoms with Crippen LogP contribution in [0.3, 0.4) is 0 Å². The SMILES string of the molecule is CCN1CCN(c2ccccc2NC(=O)c2nn(-c3cccc(C(F)(F)F)c3)c(C)cc2=O)CC1. The number of benzene rings is 2. The topological polar surface area (TPSA) is 70.5 Å². The van der Waals surface area contributed by atoms with Gasteiger partial charge in [0.2, 0.25) is 5.43 Å². The van der Waals surface area contributed by atoms with Crippen molar-refractivity contribution >= 4 is 17.3 Å². The Balaban J connectivity index is 1.63. The number of carbonyl (C=O) groups excluding carboxylic acids is 1. The van der Waals surface area contributed by atoms with Gasteiger partial charge in [-0.2, -0.15) is 18.3 Å². The van der Waals surface area contributed by atoms with E-state index in [0.29, 0.717) is 11.4 Å². The van der Waals surface area contributed by atoms with E-state index in [2.05, 4.69) is 27.1 Å². The summed E-state index contributed by atoms with van der Waals surface area (Å²) < 4.78 is 40.7. The van der Waals surface area contributed by atoms with Gasteiger partial charge in [0.1, 0.15) is 0 Å². The number of aryl methyl sites for hydroxylation is 1. The van der Waals surface area contributed by atoms with Crippen LogP contribution in [-0.4, -0.2) is 53.3 Å². The van der Waals surface area contributed by atoms with Gasteiger partial charge in [-0.25, -0.2) is 4.68 Å². The number of nitrogens with one attached hydrogen (secondary N) is 1. The molecule has 184 valence electrons. The van der Waals surface area contributed by atoms with Gasteiger partial charge in [-0.15, -0.1) is 0 Å². The minimum atomic E-state index is -4.53. The molecule has 4 rings (SSSR count). The van der Waals surface area contributed by atoms with Crippen molar-refractivity contribution in [3.63, 3.8) is 0 Å². The van der Waals surface area contributed by atoms with E-state index in [-0.39, 0.29) is 5.69 Å². The summed E-state index contributed by atoms with van der Waals surface area (Å²) in [6.45, 7) is 8.04. The summed E-state index contributed by atoms with van der Waals surface area (Å²) in [6.07, 6.45) is -4.53. The number of piperazine rings is 1. The number of para-hydroxylation sites is 2. The van der Waals surface area contributed by atoms with Crippen molar-refractivity contribution in [2.75, 3.05) is 42.9 Å². The first kappa shape index (κ1) is 24.5. The molecule has 1 saturated heterocycles. The number of likely N-dealkylation sites (N-methyl/N-ethyl adjacent to an activating group) is 1. The maximum absolute atomic E-state index is 13.2. The van der Waals surface area contributed by atoms with Crippen LogP contribution in [0.2, 0.25) is 0 Å². The van der Waals surface area contributed by atoms with Gasteiger partial charge in [-0.05, 0) is 43.8 Å². The first-order valence-corrected chi connectivity index (χ1v) is 11.3. The molecule has 1 aromatic heterocycles. The Labute approximate surface area is 200 Å². The van der Waals surface area contributed by atoms with Gasteiger partial charge < -0.3 is 15.1 Å². The zero-order valence-electron chi connectivity index (χ0n) is 19.5. The maximum atomic E-state index is 13.2. The molecule has 1 fully saturated rings. The molecule has 3 aromatic rings. The van der Waals surface area contributed by atoms with E-state index in [0.717, 1.165) is 50.5 Å². The van der Waals surface area contributed by atoms with Gasteiger partial charge in [0.25, 0.3) is 5.91 Å². The van der Waals surface area contributed by atoms with Crippen molar-refractivity contribution in [1.29, 1.82) is 0 Å². The lowest BCUT2D eigenvalue weighted by Gasteiger charge is -2.36. The third-order valence-corrected chi connectivity index (χ3v) is 6.05. The first-order valence-electron chi connectivity index (χ1n) is 11.3. The molecular weight excluding hydrogens is 459 g/mol. The summed E-state index contributed by atoms with van der Waals surface area (Å²) in [5, 5.41) is 6.90. The van der Waals surface area contributed by atoms with Crippen LogP contribution in [0.4, 0.5) is 24.5 Å². The van der Waals surface area contributed by atoms with E-state index in [4.69, 9.17) is 0 Å². The molecule has 1 N–H and O–H groups in total. The standard InChI is InChI=1S/C25H26F3N5O2/c1-3-31-11-13-32(14-12-31)21-10-5-4-9-20(21)29-24(35)23-22(34)15-17(2)33(30-23)19-8-6-7-18(16-19)25(26,27)28/h4-10,15-16H,3,11-14H2,1-2H3,(H,29,35). The Hall–Kier alpha value is -3.66. The van der Waals surface area contributed by atoms with Crippen LogP contribution in [0.15, 0.2) is 59.4 Å². The molecule has 1 aliphatic rings. The highest BCUT2D eigenvalue weighted by Gasteiger charge is 2.31. The highest BCUT2D eigenvalue weighted by atomic mass is 19.4. The fraction of sp³-hybridized carbons (Fsp3) is 0.320. The zero-order chi connectivity index (χ0) is 25.2. The molecule has 0 spiro atoms. The smallest absolute Gasteiger partial charge is 0.367 e. The van der Waals surface area contributed by atoms with E-state index in [1.54, 1.807) is 19.1 Å². The molecular formula is C25H26F3N5O2. The Morgan fingerprint density at radius 3 is 2.43 bits per heavy atom. The highest BCUT2D eigenvalue weighted by molar-refractivity contribution is 6.04. The summed E-state index contributed by atoms with van der Waals surface area (Å²) in [5.41, 5.74) is -0.0914. The zero-order valence-corrected chi connectivity index (χ0v) is 19.5. The van der Waals surface area contributed by atoms with Crippen molar-refractivity contribution < 1.29 is 18.0 Å². The van der Waals surface area contributed by atoms with Crippen LogP contribution < -0.4 is 15.6 Å². The average Bonchev–Trinajstić information content (AvgIpc) is 2.84. The number of alkyl halides is 3. The van der Waals surface area contributed by atoms with Crippen LogP contribution in [0, 0.1) is 6.92 Å². The van der Waals surface area contributed by atoms with E-state index >= 15 is 0 Å². The summed E-state index contributed by atoms with van der Waals surface area (Å²) in [7, 11) is 0. The van der Waals surface area contributed by atoms with Crippen molar-refractivity contribution in [2.24, 2.45) is 0 Å². The second kappa shape index (κ2) is 9.91. The van der Waals surface area contributed by atoms with Gasteiger partial charge in [0.15, 0.2) is 5.69 Å². The molecule has 1 amide bonds. The lowest BCUT2D eigenvalue weighted by atomic mass is 10.2. The molecule has 0 aliphatic carbocycles. The lowest BCUT2D eigenvalue weighted by molar-refractivity contribution is -0.137. The average molecular weight is 486 g/mol. The molecule has 35 heavy (non-hydrogen) atoms. The van der Waals surface area contributed by atoms with Gasteiger partial charge in [-0.1, -0.05) is 25.1 Å². The summed E-state index contributed by atoms with van der Waals surface area (Å²) in [6, 6.07) is 13.1. The van der Waals surface area contributed by atoms with E-state index in [9.17, 15) is 22.8 Å². The predicted octanol–water partition coefficient (Wildman–Crippen LogP) is 3.95. The third-order valence-electron chi connectivity index (χ3n) is 6.05. The predicted molar refractivity (Wildman–Crippen MR) is 128 cm³/mol. The summed E-state index contributed by atoms with van der Waals surface area (Å²) >= 11 is 0. The largest absolute Gasteiger partial charge is 0.416 e. The third kappa shape index (κ3) is 5.37. The molecule has 7 nitrogen and oxygen atoms in total. The number of nitrogens with zero attached hydrogens (tertiary/aromatic N) is 4. The van der Waals surface area contributed by atoms with E-state index in [1.165, 1.54) is 22.9 Å². The fourth-order valence-corrected chi connectivity index (χ4v) is 4.12. The molecule has 2 aromatic carbocycles. The van der Waals surface area contributed by atoms with Gasteiger partial charge in [-0.3, -0.25) is 9.59 Å². The number of anilines is 2. The minimum absolute atomic E-state index is 0.0978. The number of amides is 1. The molecule has 0 saturated carbocycles. The van der Waals surface area contributed by atoms with Crippen LogP contribution >= 0.6 is 0 Å². The van der Waals surface area contributed by atoms with Crippen LogP contribution in [0.1, 0.15) is 28.7 Å². The molecule has 0 unspecified atom stereocenters. The minimum Gasteiger partial charge on any atom is -0.367 e. The van der Waals surface area contributed by atoms with Crippen molar-refractivity contribution in [3.8, 4) is 5.69 Å². The number of hydrogen-bond donors (Lipinski definition) is 1. The first-order chi connectivity index (χ1) is 16.7. The Morgan fingerprint density at radius 2 is 1.74 bits per heavy atom. The van der Waals surface area contributed by atoms with Crippen molar-refractivity contribution in [3.05, 3.63) is 81.8 Å². The van der Waals surface area contributed by atoms with Crippen molar-refractivity contribution in [1.82, 2.24) is 14.7 Å². The monoisotopic (exact) mass is 485 g/mol.